The summed E-state index contributed by atoms with van der Waals surface area (Å²) in [5, 5.41) is 4.26. The fraction of sp³-hybridized carbons (Fsp3) is 0.273. The van der Waals surface area contributed by atoms with E-state index in [9.17, 15) is 0 Å². The average Bonchev–Trinajstić information content (AvgIpc) is 2.65. The number of aryl methyl sites for hydroxylation is 2. The van der Waals surface area contributed by atoms with Crippen LogP contribution in [-0.4, -0.2) is 21.9 Å². The van der Waals surface area contributed by atoms with Gasteiger partial charge in [0.05, 0.1) is 12.7 Å². The van der Waals surface area contributed by atoms with E-state index < -0.39 is 0 Å². The highest BCUT2D eigenvalue weighted by molar-refractivity contribution is 5.64. The molecule has 1 aromatic heterocycles. The summed E-state index contributed by atoms with van der Waals surface area (Å²) < 4.78 is 6.95. The van der Waals surface area contributed by atoms with Crippen molar-refractivity contribution in [3.63, 3.8) is 0 Å². The van der Waals surface area contributed by atoms with Crippen LogP contribution in [0.2, 0.25) is 0 Å². The molecule has 1 heterocycles. The van der Waals surface area contributed by atoms with Crippen molar-refractivity contribution >= 4 is 0 Å². The summed E-state index contributed by atoms with van der Waals surface area (Å²) in [6, 6.07) is 5.96. The third kappa shape index (κ3) is 1.83. The molecule has 2 aromatic rings. The number of aromatic nitrogens is 3. The highest BCUT2D eigenvalue weighted by Gasteiger charge is 2.09. The summed E-state index contributed by atoms with van der Waals surface area (Å²) in [5.41, 5.74) is 2.09. The lowest BCUT2D eigenvalue weighted by Gasteiger charge is -2.05. The maximum absolute atomic E-state index is 5.27. The summed E-state index contributed by atoms with van der Waals surface area (Å²) in [7, 11) is 3.50. The summed E-state index contributed by atoms with van der Waals surface area (Å²) in [5.74, 6) is 1.49. The van der Waals surface area contributed by atoms with Crippen molar-refractivity contribution in [3.8, 4) is 17.1 Å². The molecular formula is C11H13N3O. The number of nitrogens with zero attached hydrogens (tertiary/aromatic N) is 3. The van der Waals surface area contributed by atoms with E-state index in [1.54, 1.807) is 18.1 Å². The van der Waals surface area contributed by atoms with Crippen LogP contribution in [0.1, 0.15) is 5.56 Å². The molecule has 0 aliphatic carbocycles. The van der Waals surface area contributed by atoms with Crippen LogP contribution >= 0.6 is 0 Å². The van der Waals surface area contributed by atoms with Crippen molar-refractivity contribution in [3.05, 3.63) is 30.1 Å². The second kappa shape index (κ2) is 3.73. The Bertz CT molecular complexity index is 476. The summed E-state index contributed by atoms with van der Waals surface area (Å²) >= 11 is 0. The van der Waals surface area contributed by atoms with E-state index in [1.165, 1.54) is 5.56 Å². The lowest BCUT2D eigenvalue weighted by atomic mass is 10.1. The van der Waals surface area contributed by atoms with E-state index in [2.05, 4.69) is 10.1 Å². The van der Waals surface area contributed by atoms with Crippen LogP contribution in [-0.2, 0) is 7.05 Å². The molecule has 0 aliphatic rings. The zero-order chi connectivity index (χ0) is 10.8. The standard InChI is InChI=1S/C11H13N3O/c1-8-4-5-10(15-3)9(6-8)11-12-7-14(2)13-11/h4-7H,1-3H3. The first kappa shape index (κ1) is 9.71. The van der Waals surface area contributed by atoms with E-state index >= 15 is 0 Å². The molecular weight excluding hydrogens is 190 g/mol. The van der Waals surface area contributed by atoms with Gasteiger partial charge in [-0.05, 0) is 19.1 Å². The van der Waals surface area contributed by atoms with Gasteiger partial charge in [-0.15, -0.1) is 0 Å². The Morgan fingerprint density at radius 1 is 1.33 bits per heavy atom. The topological polar surface area (TPSA) is 39.9 Å². The molecule has 0 saturated heterocycles. The molecule has 0 aliphatic heterocycles. The van der Waals surface area contributed by atoms with Gasteiger partial charge in [-0.2, -0.15) is 5.10 Å². The zero-order valence-corrected chi connectivity index (χ0v) is 9.06. The summed E-state index contributed by atoms with van der Waals surface area (Å²) in [6.45, 7) is 2.03. The van der Waals surface area contributed by atoms with E-state index in [0.29, 0.717) is 5.82 Å². The Hall–Kier alpha value is -1.84. The van der Waals surface area contributed by atoms with E-state index in [-0.39, 0.29) is 0 Å². The Morgan fingerprint density at radius 2 is 2.13 bits per heavy atom. The van der Waals surface area contributed by atoms with E-state index in [4.69, 9.17) is 4.74 Å². The molecule has 0 bridgehead atoms. The van der Waals surface area contributed by atoms with Crippen LogP contribution in [0.3, 0.4) is 0 Å². The number of hydrogen-bond donors (Lipinski definition) is 0. The first-order chi connectivity index (χ1) is 7.20. The van der Waals surface area contributed by atoms with Crippen LogP contribution in [0, 0.1) is 6.92 Å². The second-order valence-corrected chi connectivity index (χ2v) is 3.45. The lowest BCUT2D eigenvalue weighted by molar-refractivity contribution is 0.416. The molecule has 78 valence electrons. The van der Waals surface area contributed by atoms with Gasteiger partial charge in [-0.1, -0.05) is 11.6 Å². The highest BCUT2D eigenvalue weighted by atomic mass is 16.5. The molecule has 0 N–H and O–H groups in total. The molecule has 1 aromatic carbocycles. The molecule has 2 rings (SSSR count). The molecule has 4 heteroatoms. The Balaban J connectivity index is 2.55. The smallest absolute Gasteiger partial charge is 0.184 e. The normalized spacial score (nSPS) is 10.3. The van der Waals surface area contributed by atoms with E-state index in [1.807, 2.05) is 32.2 Å². The van der Waals surface area contributed by atoms with Gasteiger partial charge in [-0.3, -0.25) is 4.68 Å². The second-order valence-electron chi connectivity index (χ2n) is 3.45. The number of rotatable bonds is 2. The number of methoxy groups -OCH3 is 1. The molecule has 4 nitrogen and oxygen atoms in total. The van der Waals surface area contributed by atoms with Gasteiger partial charge >= 0.3 is 0 Å². The largest absolute Gasteiger partial charge is 0.496 e. The Labute approximate surface area is 88.5 Å². The summed E-state index contributed by atoms with van der Waals surface area (Å²) in [4.78, 5) is 4.21. The van der Waals surface area contributed by atoms with Crippen molar-refractivity contribution in [2.45, 2.75) is 6.92 Å². The van der Waals surface area contributed by atoms with Crippen molar-refractivity contribution in [2.24, 2.45) is 7.05 Å². The average molecular weight is 203 g/mol. The molecule has 0 spiro atoms. The van der Waals surface area contributed by atoms with Gasteiger partial charge in [0, 0.05) is 7.05 Å². The first-order valence-corrected chi connectivity index (χ1v) is 4.71. The third-order valence-corrected chi connectivity index (χ3v) is 2.20. The molecule has 0 saturated carbocycles. The highest BCUT2D eigenvalue weighted by Crippen LogP contribution is 2.27. The zero-order valence-electron chi connectivity index (χ0n) is 9.06. The van der Waals surface area contributed by atoms with Gasteiger partial charge in [0.25, 0.3) is 0 Å². The number of benzene rings is 1. The lowest BCUT2D eigenvalue weighted by Crippen LogP contribution is -1.92. The molecule has 0 fully saturated rings. The van der Waals surface area contributed by atoms with Crippen LogP contribution < -0.4 is 4.74 Å². The molecule has 0 atom stereocenters. The van der Waals surface area contributed by atoms with Gasteiger partial charge < -0.3 is 4.74 Å². The van der Waals surface area contributed by atoms with Crippen LogP contribution in [0.15, 0.2) is 24.5 Å². The van der Waals surface area contributed by atoms with Crippen molar-refractivity contribution < 1.29 is 4.74 Å². The monoisotopic (exact) mass is 203 g/mol. The van der Waals surface area contributed by atoms with Gasteiger partial charge in [-0.25, -0.2) is 4.98 Å². The van der Waals surface area contributed by atoms with Crippen molar-refractivity contribution in [1.82, 2.24) is 14.8 Å². The van der Waals surface area contributed by atoms with Gasteiger partial charge in [0.2, 0.25) is 0 Å². The Morgan fingerprint density at radius 3 is 2.73 bits per heavy atom. The van der Waals surface area contributed by atoms with Gasteiger partial charge in [0.1, 0.15) is 12.1 Å². The van der Waals surface area contributed by atoms with Crippen LogP contribution in [0.4, 0.5) is 0 Å². The quantitative estimate of drug-likeness (QED) is 0.747. The van der Waals surface area contributed by atoms with Crippen LogP contribution in [0.25, 0.3) is 11.4 Å². The van der Waals surface area contributed by atoms with Crippen molar-refractivity contribution in [1.29, 1.82) is 0 Å². The summed E-state index contributed by atoms with van der Waals surface area (Å²) in [6.07, 6.45) is 1.68. The minimum atomic E-state index is 0.693. The first-order valence-electron chi connectivity index (χ1n) is 4.71. The molecule has 15 heavy (non-hydrogen) atoms. The number of ether oxygens (including phenoxy) is 1. The third-order valence-electron chi connectivity index (χ3n) is 2.20. The molecule has 0 radical (unpaired) electrons. The van der Waals surface area contributed by atoms with E-state index in [0.717, 1.165) is 11.3 Å². The van der Waals surface area contributed by atoms with Gasteiger partial charge in [0.15, 0.2) is 5.82 Å². The number of hydrogen-bond acceptors (Lipinski definition) is 3. The SMILES string of the molecule is COc1ccc(C)cc1-c1ncn(C)n1. The minimum absolute atomic E-state index is 0.693. The Kier molecular flexibility index (Phi) is 2.41. The predicted octanol–water partition coefficient (Wildman–Crippen LogP) is 1.80. The molecule has 0 unspecified atom stereocenters. The fourth-order valence-corrected chi connectivity index (χ4v) is 1.46. The maximum Gasteiger partial charge on any atom is 0.184 e. The van der Waals surface area contributed by atoms with Crippen LogP contribution in [0.5, 0.6) is 5.75 Å². The fourth-order valence-electron chi connectivity index (χ4n) is 1.46. The minimum Gasteiger partial charge on any atom is -0.496 e. The maximum atomic E-state index is 5.27. The van der Waals surface area contributed by atoms with Crippen molar-refractivity contribution in [2.75, 3.05) is 7.11 Å². The molecule has 0 amide bonds. The predicted molar refractivity (Wildman–Crippen MR) is 57.7 cm³/mol.